The summed E-state index contributed by atoms with van der Waals surface area (Å²) in [5.74, 6) is -0.570. The topological polar surface area (TPSA) is 68.5 Å². The standard InChI is InChI=1S/C16H17NO4/c1-10(2)21-14-7-5-4-6-11(14)13-9-8-12(16(19)20)15(18)17(13)3/h4-10H,1-3H3,(H,19,20). The minimum Gasteiger partial charge on any atom is -0.490 e. The van der Waals surface area contributed by atoms with Crippen LogP contribution < -0.4 is 10.3 Å². The molecule has 0 saturated carbocycles. The van der Waals surface area contributed by atoms with Gasteiger partial charge in [-0.05, 0) is 38.1 Å². The summed E-state index contributed by atoms with van der Waals surface area (Å²) in [5, 5.41) is 8.99. The zero-order valence-electron chi connectivity index (χ0n) is 12.2. The highest BCUT2D eigenvalue weighted by Gasteiger charge is 2.15. The second-order valence-electron chi connectivity index (χ2n) is 4.96. The van der Waals surface area contributed by atoms with Gasteiger partial charge in [0, 0.05) is 12.6 Å². The number of carboxylic acids is 1. The van der Waals surface area contributed by atoms with Crippen LogP contribution >= 0.6 is 0 Å². The number of para-hydroxylation sites is 1. The Hall–Kier alpha value is -2.56. The molecule has 0 spiro atoms. The Kier molecular flexibility index (Phi) is 4.12. The van der Waals surface area contributed by atoms with Gasteiger partial charge in [-0.15, -0.1) is 0 Å². The van der Waals surface area contributed by atoms with Crippen LogP contribution in [0.3, 0.4) is 0 Å². The molecule has 5 nitrogen and oxygen atoms in total. The van der Waals surface area contributed by atoms with Crippen molar-refractivity contribution in [3.8, 4) is 17.0 Å². The third-order valence-electron chi connectivity index (χ3n) is 3.06. The molecule has 1 aromatic heterocycles. The van der Waals surface area contributed by atoms with Gasteiger partial charge in [-0.2, -0.15) is 0 Å². The average Bonchev–Trinajstić information content (AvgIpc) is 2.42. The van der Waals surface area contributed by atoms with Crippen molar-refractivity contribution in [2.45, 2.75) is 20.0 Å². The second kappa shape index (κ2) is 5.83. The summed E-state index contributed by atoms with van der Waals surface area (Å²) in [7, 11) is 1.55. The smallest absolute Gasteiger partial charge is 0.341 e. The van der Waals surface area contributed by atoms with Crippen molar-refractivity contribution >= 4 is 5.97 Å². The predicted molar refractivity (Wildman–Crippen MR) is 79.8 cm³/mol. The van der Waals surface area contributed by atoms with E-state index in [2.05, 4.69) is 0 Å². The van der Waals surface area contributed by atoms with Gasteiger partial charge in [-0.1, -0.05) is 12.1 Å². The molecule has 0 atom stereocenters. The van der Waals surface area contributed by atoms with E-state index in [0.717, 1.165) is 5.56 Å². The summed E-state index contributed by atoms with van der Waals surface area (Å²) in [6.07, 6.45) is 0.00136. The highest BCUT2D eigenvalue weighted by Crippen LogP contribution is 2.29. The van der Waals surface area contributed by atoms with Crippen molar-refractivity contribution in [2.75, 3.05) is 0 Å². The van der Waals surface area contributed by atoms with E-state index in [-0.39, 0.29) is 11.7 Å². The molecule has 1 aromatic carbocycles. The molecule has 5 heteroatoms. The van der Waals surface area contributed by atoms with Crippen LogP contribution in [0.15, 0.2) is 41.2 Å². The quantitative estimate of drug-likeness (QED) is 0.938. The average molecular weight is 287 g/mol. The van der Waals surface area contributed by atoms with Gasteiger partial charge < -0.3 is 14.4 Å². The predicted octanol–water partition coefficient (Wildman–Crippen LogP) is 2.54. The van der Waals surface area contributed by atoms with E-state index in [0.29, 0.717) is 11.4 Å². The fourth-order valence-electron chi connectivity index (χ4n) is 2.10. The van der Waals surface area contributed by atoms with Crippen molar-refractivity contribution in [2.24, 2.45) is 7.05 Å². The number of pyridine rings is 1. The zero-order chi connectivity index (χ0) is 15.6. The summed E-state index contributed by atoms with van der Waals surface area (Å²) >= 11 is 0. The molecule has 2 aromatic rings. The monoisotopic (exact) mass is 287 g/mol. The number of nitrogens with zero attached hydrogens (tertiary/aromatic N) is 1. The SMILES string of the molecule is CC(C)Oc1ccccc1-c1ccc(C(=O)O)c(=O)n1C. The van der Waals surface area contributed by atoms with Crippen molar-refractivity contribution in [1.82, 2.24) is 4.57 Å². The molecular formula is C16H17NO4. The Balaban J connectivity index is 2.61. The van der Waals surface area contributed by atoms with Crippen molar-refractivity contribution in [3.63, 3.8) is 0 Å². The van der Waals surface area contributed by atoms with E-state index >= 15 is 0 Å². The maximum atomic E-state index is 12.1. The lowest BCUT2D eigenvalue weighted by Gasteiger charge is -2.16. The van der Waals surface area contributed by atoms with Gasteiger partial charge in [-0.3, -0.25) is 4.79 Å². The Labute approximate surface area is 122 Å². The van der Waals surface area contributed by atoms with Crippen LogP contribution in [-0.4, -0.2) is 21.7 Å². The zero-order valence-corrected chi connectivity index (χ0v) is 12.2. The van der Waals surface area contributed by atoms with E-state index in [1.807, 2.05) is 38.1 Å². The summed E-state index contributed by atoms with van der Waals surface area (Å²) < 4.78 is 7.07. The maximum Gasteiger partial charge on any atom is 0.341 e. The highest BCUT2D eigenvalue weighted by atomic mass is 16.5. The largest absolute Gasteiger partial charge is 0.490 e. The summed E-state index contributed by atoms with van der Waals surface area (Å²) in [5.41, 5.74) is 0.576. The van der Waals surface area contributed by atoms with Crippen LogP contribution in [-0.2, 0) is 7.05 Å². The first kappa shape index (κ1) is 14.8. The molecule has 0 bridgehead atoms. The van der Waals surface area contributed by atoms with Crippen LogP contribution in [0.2, 0.25) is 0 Å². The van der Waals surface area contributed by atoms with Crippen LogP contribution in [0.1, 0.15) is 24.2 Å². The minimum atomic E-state index is -1.23. The first-order valence-corrected chi connectivity index (χ1v) is 6.61. The molecule has 0 aliphatic heterocycles. The number of hydrogen-bond acceptors (Lipinski definition) is 3. The van der Waals surface area contributed by atoms with Crippen LogP contribution in [0, 0.1) is 0 Å². The van der Waals surface area contributed by atoms with E-state index in [9.17, 15) is 9.59 Å². The van der Waals surface area contributed by atoms with Crippen LogP contribution in [0.4, 0.5) is 0 Å². The fraction of sp³-hybridized carbons (Fsp3) is 0.250. The Morgan fingerprint density at radius 3 is 2.48 bits per heavy atom. The maximum absolute atomic E-state index is 12.1. The molecule has 0 fully saturated rings. The molecule has 0 unspecified atom stereocenters. The first-order chi connectivity index (χ1) is 9.91. The highest BCUT2D eigenvalue weighted by molar-refractivity contribution is 5.87. The molecule has 1 N–H and O–H groups in total. The van der Waals surface area contributed by atoms with Crippen molar-refractivity contribution in [1.29, 1.82) is 0 Å². The normalized spacial score (nSPS) is 10.7. The summed E-state index contributed by atoms with van der Waals surface area (Å²) in [4.78, 5) is 23.1. The lowest BCUT2D eigenvalue weighted by atomic mass is 10.1. The fourth-order valence-corrected chi connectivity index (χ4v) is 2.10. The van der Waals surface area contributed by atoms with Crippen LogP contribution in [0.5, 0.6) is 5.75 Å². The van der Waals surface area contributed by atoms with Crippen LogP contribution in [0.25, 0.3) is 11.3 Å². The lowest BCUT2D eigenvalue weighted by molar-refractivity contribution is 0.0694. The molecule has 0 aliphatic carbocycles. The lowest BCUT2D eigenvalue weighted by Crippen LogP contribution is -2.25. The van der Waals surface area contributed by atoms with Gasteiger partial charge in [0.1, 0.15) is 11.3 Å². The van der Waals surface area contributed by atoms with Gasteiger partial charge in [-0.25, -0.2) is 4.79 Å². The van der Waals surface area contributed by atoms with Crippen molar-refractivity contribution < 1.29 is 14.6 Å². The molecular weight excluding hydrogens is 270 g/mol. The third-order valence-corrected chi connectivity index (χ3v) is 3.06. The summed E-state index contributed by atoms with van der Waals surface area (Å²) in [6, 6.07) is 10.3. The van der Waals surface area contributed by atoms with E-state index in [1.165, 1.54) is 10.6 Å². The molecule has 0 radical (unpaired) electrons. The van der Waals surface area contributed by atoms with Gasteiger partial charge in [0.25, 0.3) is 5.56 Å². The number of hydrogen-bond donors (Lipinski definition) is 1. The Bertz CT molecular complexity index is 731. The van der Waals surface area contributed by atoms with Crippen molar-refractivity contribution in [3.05, 3.63) is 52.3 Å². The minimum absolute atomic E-state index is 0.00136. The molecule has 0 amide bonds. The number of rotatable bonds is 4. The van der Waals surface area contributed by atoms with E-state index in [4.69, 9.17) is 9.84 Å². The number of ether oxygens (including phenoxy) is 1. The molecule has 21 heavy (non-hydrogen) atoms. The molecule has 2 rings (SSSR count). The number of carbonyl (C=O) groups is 1. The first-order valence-electron chi connectivity index (χ1n) is 6.61. The Morgan fingerprint density at radius 2 is 1.86 bits per heavy atom. The number of benzene rings is 1. The molecule has 1 heterocycles. The van der Waals surface area contributed by atoms with Gasteiger partial charge in [0.2, 0.25) is 0 Å². The molecule has 110 valence electrons. The third kappa shape index (κ3) is 2.97. The van der Waals surface area contributed by atoms with E-state index in [1.54, 1.807) is 13.1 Å². The number of aromatic nitrogens is 1. The Morgan fingerprint density at radius 1 is 1.19 bits per heavy atom. The molecule has 0 aliphatic rings. The van der Waals surface area contributed by atoms with Gasteiger partial charge >= 0.3 is 5.97 Å². The van der Waals surface area contributed by atoms with Gasteiger partial charge in [0.15, 0.2) is 0 Å². The summed E-state index contributed by atoms with van der Waals surface area (Å²) in [6.45, 7) is 3.84. The van der Waals surface area contributed by atoms with Gasteiger partial charge in [0.05, 0.1) is 11.8 Å². The second-order valence-corrected chi connectivity index (χ2v) is 4.96. The number of aromatic carboxylic acids is 1. The number of carboxylic acid groups (broad SMARTS) is 1. The van der Waals surface area contributed by atoms with E-state index < -0.39 is 11.5 Å². The molecule has 0 saturated heterocycles.